The van der Waals surface area contributed by atoms with E-state index in [-0.39, 0.29) is 0 Å². The number of rotatable bonds is 4. The number of aromatic nitrogens is 1. The lowest BCUT2D eigenvalue weighted by molar-refractivity contribution is -0.0850. The molecule has 0 N–H and O–H groups in total. The van der Waals surface area contributed by atoms with Crippen LogP contribution in [0, 0.1) is 0 Å². The molecule has 26 heavy (non-hydrogen) atoms. The molecule has 0 amide bonds. The Labute approximate surface area is 153 Å². The molecule has 3 aliphatic rings. The van der Waals surface area contributed by atoms with Crippen molar-refractivity contribution in [3.8, 4) is 11.1 Å². The molecule has 1 aromatic heterocycles. The molecule has 134 valence electrons. The Hall–Kier alpha value is -2.24. The van der Waals surface area contributed by atoms with Gasteiger partial charge < -0.3 is 9.64 Å². The number of ether oxygens (including phenoxy) is 1. The van der Waals surface area contributed by atoms with E-state index >= 15 is 0 Å². The van der Waals surface area contributed by atoms with E-state index in [4.69, 9.17) is 9.72 Å². The normalized spacial score (nSPS) is 25.9. The largest absolute Gasteiger partial charge is 0.378 e. The highest BCUT2D eigenvalue weighted by Gasteiger charge is 2.45. The van der Waals surface area contributed by atoms with Gasteiger partial charge in [0.05, 0.1) is 19.3 Å². The van der Waals surface area contributed by atoms with E-state index in [0.29, 0.717) is 23.7 Å². The molecule has 2 unspecified atom stereocenters. The highest BCUT2D eigenvalue weighted by molar-refractivity contribution is 5.87. The number of aldehydes is 1. The molecule has 2 atom stereocenters. The highest BCUT2D eigenvalue weighted by Crippen LogP contribution is 2.35. The zero-order valence-electron chi connectivity index (χ0n) is 14.8. The molecule has 0 saturated carbocycles. The van der Waals surface area contributed by atoms with E-state index < -0.39 is 0 Å². The van der Waals surface area contributed by atoms with Crippen molar-refractivity contribution in [3.05, 3.63) is 48.2 Å². The smallest absolute Gasteiger partial charge is 0.150 e. The number of benzene rings is 1. The Morgan fingerprint density at radius 2 is 1.77 bits per heavy atom. The van der Waals surface area contributed by atoms with Gasteiger partial charge in [0.2, 0.25) is 0 Å². The summed E-state index contributed by atoms with van der Waals surface area (Å²) in [7, 11) is 0. The highest BCUT2D eigenvalue weighted by atomic mass is 16.5. The van der Waals surface area contributed by atoms with Crippen LogP contribution in [-0.2, 0) is 4.74 Å². The zero-order chi connectivity index (χ0) is 17.5. The summed E-state index contributed by atoms with van der Waals surface area (Å²) >= 11 is 0. The molecule has 5 rings (SSSR count). The molecule has 2 bridgehead atoms. The fourth-order valence-electron chi connectivity index (χ4n) is 4.71. The second-order valence-electron chi connectivity index (χ2n) is 7.54. The molecule has 2 aromatic rings. The molecule has 0 aliphatic carbocycles. The van der Waals surface area contributed by atoms with Gasteiger partial charge in [-0.05, 0) is 30.5 Å². The Balaban J connectivity index is 1.35. The Kier molecular flexibility index (Phi) is 3.98. The number of carbonyl (C=O) groups excluding carboxylic acids is 1. The van der Waals surface area contributed by atoms with Crippen LogP contribution in [-0.4, -0.2) is 60.6 Å². The second kappa shape index (κ2) is 6.49. The number of hydrogen-bond donors (Lipinski definition) is 0. The quantitative estimate of drug-likeness (QED) is 0.794. The topological polar surface area (TPSA) is 45.7 Å². The molecule has 0 radical (unpaired) electrons. The maximum Gasteiger partial charge on any atom is 0.150 e. The SMILES string of the molecule is O=Cc1ccccc1-c1ccc(N2CC3CCC(C2)N3C2COC2)nc1. The van der Waals surface area contributed by atoms with Crippen molar-refractivity contribution in [2.24, 2.45) is 0 Å². The first-order chi connectivity index (χ1) is 12.8. The summed E-state index contributed by atoms with van der Waals surface area (Å²) in [6.45, 7) is 3.89. The van der Waals surface area contributed by atoms with Crippen LogP contribution in [0.2, 0.25) is 0 Å². The predicted molar refractivity (Wildman–Crippen MR) is 101 cm³/mol. The van der Waals surface area contributed by atoms with Crippen LogP contribution >= 0.6 is 0 Å². The van der Waals surface area contributed by atoms with Gasteiger partial charge in [0.1, 0.15) is 5.82 Å². The summed E-state index contributed by atoms with van der Waals surface area (Å²) in [6.07, 6.45) is 5.36. The minimum Gasteiger partial charge on any atom is -0.378 e. The van der Waals surface area contributed by atoms with Crippen LogP contribution in [0.15, 0.2) is 42.6 Å². The van der Waals surface area contributed by atoms with Crippen LogP contribution in [0.1, 0.15) is 23.2 Å². The number of hydrogen-bond acceptors (Lipinski definition) is 5. The van der Waals surface area contributed by atoms with Crippen molar-refractivity contribution in [2.75, 3.05) is 31.2 Å². The first-order valence-corrected chi connectivity index (χ1v) is 9.44. The number of piperazine rings is 1. The van der Waals surface area contributed by atoms with Crippen molar-refractivity contribution < 1.29 is 9.53 Å². The zero-order valence-corrected chi connectivity index (χ0v) is 14.8. The minimum atomic E-state index is 0.625. The summed E-state index contributed by atoms with van der Waals surface area (Å²) < 4.78 is 5.41. The van der Waals surface area contributed by atoms with Crippen LogP contribution in [0.5, 0.6) is 0 Å². The monoisotopic (exact) mass is 349 g/mol. The van der Waals surface area contributed by atoms with Crippen LogP contribution in [0.25, 0.3) is 11.1 Å². The van der Waals surface area contributed by atoms with Gasteiger partial charge in [0.25, 0.3) is 0 Å². The molecule has 5 heteroatoms. The van der Waals surface area contributed by atoms with E-state index in [1.165, 1.54) is 12.8 Å². The number of fused-ring (bicyclic) bond motifs is 2. The molecule has 0 spiro atoms. The van der Waals surface area contributed by atoms with Gasteiger partial charge in [-0.2, -0.15) is 0 Å². The van der Waals surface area contributed by atoms with Gasteiger partial charge in [-0.1, -0.05) is 24.3 Å². The van der Waals surface area contributed by atoms with Crippen molar-refractivity contribution >= 4 is 12.1 Å². The summed E-state index contributed by atoms with van der Waals surface area (Å²) in [4.78, 5) is 21.1. The van der Waals surface area contributed by atoms with Crippen LogP contribution in [0.3, 0.4) is 0 Å². The van der Waals surface area contributed by atoms with Crippen molar-refractivity contribution in [2.45, 2.75) is 31.0 Å². The van der Waals surface area contributed by atoms with E-state index in [1.54, 1.807) is 0 Å². The maximum atomic E-state index is 11.3. The second-order valence-corrected chi connectivity index (χ2v) is 7.54. The number of carbonyl (C=O) groups is 1. The number of nitrogens with zero attached hydrogens (tertiary/aromatic N) is 3. The first kappa shape index (κ1) is 16.0. The fourth-order valence-corrected chi connectivity index (χ4v) is 4.71. The van der Waals surface area contributed by atoms with Gasteiger partial charge in [-0.3, -0.25) is 9.69 Å². The Morgan fingerprint density at radius 1 is 1.00 bits per heavy atom. The molecule has 5 nitrogen and oxygen atoms in total. The summed E-state index contributed by atoms with van der Waals surface area (Å²) in [5, 5.41) is 0. The standard InChI is InChI=1S/C21H23N3O2/c25-12-16-3-1-2-4-20(16)15-5-8-21(22-9-15)23-10-17-6-7-18(11-23)24(17)19-13-26-14-19/h1-5,8-9,12,17-19H,6-7,10-11,13-14H2. The third kappa shape index (κ3) is 2.63. The Morgan fingerprint density at radius 3 is 2.38 bits per heavy atom. The molecule has 3 saturated heterocycles. The lowest BCUT2D eigenvalue weighted by Gasteiger charge is -2.48. The summed E-state index contributed by atoms with van der Waals surface area (Å²) in [6, 6.07) is 13.7. The van der Waals surface area contributed by atoms with E-state index in [9.17, 15) is 4.79 Å². The van der Waals surface area contributed by atoms with Crippen molar-refractivity contribution in [1.29, 1.82) is 0 Å². The summed E-state index contributed by atoms with van der Waals surface area (Å²) in [5.74, 6) is 1.04. The molecule has 4 heterocycles. The van der Waals surface area contributed by atoms with Gasteiger partial charge in [0, 0.05) is 42.5 Å². The molecular formula is C21H23N3O2. The van der Waals surface area contributed by atoms with Gasteiger partial charge >= 0.3 is 0 Å². The van der Waals surface area contributed by atoms with Crippen molar-refractivity contribution in [1.82, 2.24) is 9.88 Å². The predicted octanol–water partition coefficient (Wildman–Crippen LogP) is 2.61. The molecule has 3 fully saturated rings. The Bertz CT molecular complexity index is 789. The van der Waals surface area contributed by atoms with Gasteiger partial charge in [-0.25, -0.2) is 4.98 Å². The van der Waals surface area contributed by atoms with Crippen LogP contribution in [0.4, 0.5) is 5.82 Å². The van der Waals surface area contributed by atoms with Crippen LogP contribution < -0.4 is 4.90 Å². The summed E-state index contributed by atoms with van der Waals surface area (Å²) in [5.41, 5.74) is 2.64. The van der Waals surface area contributed by atoms with E-state index in [1.807, 2.05) is 30.5 Å². The van der Waals surface area contributed by atoms with Gasteiger partial charge in [-0.15, -0.1) is 0 Å². The van der Waals surface area contributed by atoms with E-state index in [0.717, 1.165) is 49.5 Å². The molecule has 1 aromatic carbocycles. The lowest BCUT2D eigenvalue weighted by Crippen LogP contribution is -2.62. The van der Waals surface area contributed by atoms with Crippen molar-refractivity contribution in [3.63, 3.8) is 0 Å². The lowest BCUT2D eigenvalue weighted by atomic mass is 10.0. The fraction of sp³-hybridized carbons (Fsp3) is 0.429. The third-order valence-electron chi connectivity index (χ3n) is 6.05. The van der Waals surface area contributed by atoms with Gasteiger partial charge in [0.15, 0.2) is 6.29 Å². The maximum absolute atomic E-state index is 11.3. The average Bonchev–Trinajstić information content (AvgIpc) is 2.89. The molecule has 3 aliphatic heterocycles. The van der Waals surface area contributed by atoms with E-state index in [2.05, 4.69) is 21.9 Å². The average molecular weight is 349 g/mol. The first-order valence-electron chi connectivity index (χ1n) is 9.44. The minimum absolute atomic E-state index is 0.625. The third-order valence-corrected chi connectivity index (χ3v) is 6.05. The molecular weight excluding hydrogens is 326 g/mol. The number of anilines is 1. The number of pyridine rings is 1.